The molecule has 0 atom stereocenters. The zero-order valence-electron chi connectivity index (χ0n) is 15.9. The molecule has 4 heteroatoms. The number of aromatic nitrogens is 2. The van der Waals surface area contributed by atoms with E-state index in [1.807, 2.05) is 24.5 Å². The van der Waals surface area contributed by atoms with E-state index >= 15 is 0 Å². The van der Waals surface area contributed by atoms with Gasteiger partial charge in [-0.15, -0.1) is 0 Å². The second-order valence-electron chi connectivity index (χ2n) is 6.95. The summed E-state index contributed by atoms with van der Waals surface area (Å²) in [6.45, 7) is 9.46. The van der Waals surface area contributed by atoms with Gasteiger partial charge in [-0.25, -0.2) is 0 Å². The van der Waals surface area contributed by atoms with Gasteiger partial charge in [0.05, 0.1) is 11.6 Å². The Kier molecular flexibility index (Phi) is 5.84. The lowest BCUT2D eigenvalue weighted by Gasteiger charge is -2.14. The normalized spacial score (nSPS) is 11.3. The molecule has 0 radical (unpaired) electrons. The lowest BCUT2D eigenvalue weighted by molar-refractivity contribution is 0.279. The molecule has 1 N–H and O–H groups in total. The van der Waals surface area contributed by atoms with Crippen LogP contribution in [0.3, 0.4) is 0 Å². The quantitative estimate of drug-likeness (QED) is 0.642. The Morgan fingerprint density at radius 3 is 2.27 bits per heavy atom. The van der Waals surface area contributed by atoms with Crippen molar-refractivity contribution in [2.24, 2.45) is 0 Å². The highest BCUT2D eigenvalue weighted by Gasteiger charge is 2.23. The van der Waals surface area contributed by atoms with Crippen LogP contribution in [-0.2, 0) is 13.2 Å². The molecule has 0 bridgehead atoms. The van der Waals surface area contributed by atoms with Crippen molar-refractivity contribution in [1.29, 1.82) is 0 Å². The van der Waals surface area contributed by atoms with Crippen molar-refractivity contribution >= 4 is 11.8 Å². The van der Waals surface area contributed by atoms with E-state index in [1.165, 1.54) is 26.6 Å². The molecule has 0 fully saturated rings. The van der Waals surface area contributed by atoms with Crippen LogP contribution in [-0.4, -0.2) is 14.7 Å². The Balaban J connectivity index is 2.10. The zero-order chi connectivity index (χ0) is 18.7. The predicted molar refractivity (Wildman–Crippen MR) is 108 cm³/mol. The number of aliphatic hydroxyl groups excluding tert-OH is 1. The number of aliphatic hydroxyl groups is 1. The molecular formula is C22H26N2OS. The molecule has 0 unspecified atom stereocenters. The van der Waals surface area contributed by atoms with Crippen LogP contribution in [0.2, 0.25) is 0 Å². The van der Waals surface area contributed by atoms with E-state index in [4.69, 9.17) is 0 Å². The van der Waals surface area contributed by atoms with Gasteiger partial charge in [-0.1, -0.05) is 43.3 Å². The number of hydrogen-bond donors (Lipinski definition) is 1. The number of pyridine rings is 1. The standard InChI is InChI=1S/C22H26N2OS/c1-15(2)21-20(14-25)17(4)24(13-18-9-11-23-12-10-18)22(21)26-19-7-5-16(3)6-8-19/h5-12,15,25H,13-14H2,1-4H3. The van der Waals surface area contributed by atoms with Crippen molar-refractivity contribution in [3.63, 3.8) is 0 Å². The zero-order valence-corrected chi connectivity index (χ0v) is 16.7. The maximum absolute atomic E-state index is 10.0. The highest BCUT2D eigenvalue weighted by atomic mass is 32.2. The van der Waals surface area contributed by atoms with Crippen LogP contribution < -0.4 is 0 Å². The molecule has 1 aromatic carbocycles. The molecule has 0 saturated carbocycles. The minimum Gasteiger partial charge on any atom is -0.392 e. The van der Waals surface area contributed by atoms with E-state index in [2.05, 4.69) is 61.5 Å². The molecule has 2 heterocycles. The van der Waals surface area contributed by atoms with Gasteiger partial charge in [-0.2, -0.15) is 0 Å². The number of rotatable bonds is 6. The summed E-state index contributed by atoms with van der Waals surface area (Å²) >= 11 is 1.78. The first-order valence-electron chi connectivity index (χ1n) is 8.97. The third-order valence-corrected chi connectivity index (χ3v) is 5.84. The maximum atomic E-state index is 10.0. The number of aryl methyl sites for hydroxylation is 1. The summed E-state index contributed by atoms with van der Waals surface area (Å²) in [5, 5.41) is 11.2. The molecule has 0 aliphatic carbocycles. The summed E-state index contributed by atoms with van der Waals surface area (Å²) < 4.78 is 2.33. The molecule has 136 valence electrons. The summed E-state index contributed by atoms with van der Waals surface area (Å²) in [5.41, 5.74) is 5.93. The third kappa shape index (κ3) is 3.87. The van der Waals surface area contributed by atoms with E-state index in [0.29, 0.717) is 5.92 Å². The fourth-order valence-corrected chi connectivity index (χ4v) is 4.54. The van der Waals surface area contributed by atoms with Gasteiger partial charge in [-0.05, 0) is 55.2 Å². The van der Waals surface area contributed by atoms with Crippen LogP contribution in [0.4, 0.5) is 0 Å². The van der Waals surface area contributed by atoms with Gasteiger partial charge in [0.25, 0.3) is 0 Å². The van der Waals surface area contributed by atoms with Crippen molar-refractivity contribution < 1.29 is 5.11 Å². The molecular weight excluding hydrogens is 340 g/mol. The Bertz CT molecular complexity index is 867. The van der Waals surface area contributed by atoms with Gasteiger partial charge < -0.3 is 9.67 Å². The van der Waals surface area contributed by atoms with Crippen LogP contribution >= 0.6 is 11.8 Å². The first kappa shape index (κ1) is 18.7. The largest absolute Gasteiger partial charge is 0.392 e. The lowest BCUT2D eigenvalue weighted by atomic mass is 10.0. The number of benzene rings is 1. The van der Waals surface area contributed by atoms with Gasteiger partial charge in [0, 0.05) is 35.1 Å². The summed E-state index contributed by atoms with van der Waals surface area (Å²) in [7, 11) is 0. The van der Waals surface area contributed by atoms with Crippen LogP contribution in [0, 0.1) is 13.8 Å². The van der Waals surface area contributed by atoms with Crippen molar-refractivity contribution in [3.8, 4) is 0 Å². The van der Waals surface area contributed by atoms with E-state index in [0.717, 1.165) is 17.8 Å². The van der Waals surface area contributed by atoms with Crippen LogP contribution in [0.25, 0.3) is 0 Å². The summed E-state index contributed by atoms with van der Waals surface area (Å²) in [5.74, 6) is 0.350. The summed E-state index contributed by atoms with van der Waals surface area (Å²) in [4.78, 5) is 5.34. The average Bonchev–Trinajstić information content (AvgIpc) is 2.89. The fraction of sp³-hybridized carbons (Fsp3) is 0.318. The van der Waals surface area contributed by atoms with Crippen molar-refractivity contribution in [3.05, 3.63) is 76.7 Å². The highest BCUT2D eigenvalue weighted by molar-refractivity contribution is 7.99. The minimum atomic E-state index is 0.0736. The molecule has 3 rings (SSSR count). The van der Waals surface area contributed by atoms with E-state index in [1.54, 1.807) is 11.8 Å². The molecule has 3 nitrogen and oxygen atoms in total. The summed E-state index contributed by atoms with van der Waals surface area (Å²) in [6, 6.07) is 12.7. The Morgan fingerprint density at radius 2 is 1.69 bits per heavy atom. The molecule has 0 amide bonds. The predicted octanol–water partition coefficient (Wildman–Crippen LogP) is 5.32. The third-order valence-electron chi connectivity index (χ3n) is 4.70. The molecule has 0 aliphatic rings. The lowest BCUT2D eigenvalue weighted by Crippen LogP contribution is -2.04. The molecule has 0 spiro atoms. The fourth-order valence-electron chi connectivity index (χ4n) is 3.27. The van der Waals surface area contributed by atoms with Gasteiger partial charge in [0.15, 0.2) is 0 Å². The highest BCUT2D eigenvalue weighted by Crippen LogP contribution is 2.40. The van der Waals surface area contributed by atoms with E-state index in [9.17, 15) is 5.11 Å². The Labute approximate surface area is 160 Å². The first-order chi connectivity index (χ1) is 12.5. The topological polar surface area (TPSA) is 38.0 Å². The monoisotopic (exact) mass is 366 g/mol. The number of hydrogen-bond acceptors (Lipinski definition) is 3. The second-order valence-corrected chi connectivity index (χ2v) is 8.01. The number of nitrogens with zero attached hydrogens (tertiary/aromatic N) is 2. The molecule has 3 aromatic rings. The summed E-state index contributed by atoms with van der Waals surface area (Å²) in [6.07, 6.45) is 3.66. The Hall–Kier alpha value is -2.04. The average molecular weight is 367 g/mol. The van der Waals surface area contributed by atoms with Crippen LogP contribution in [0.5, 0.6) is 0 Å². The SMILES string of the molecule is Cc1ccc(Sc2c(C(C)C)c(CO)c(C)n2Cc2ccncc2)cc1. The van der Waals surface area contributed by atoms with Gasteiger partial charge >= 0.3 is 0 Å². The molecule has 0 aliphatic heterocycles. The van der Waals surface area contributed by atoms with Crippen LogP contribution in [0.1, 0.15) is 47.7 Å². The Morgan fingerprint density at radius 1 is 1.04 bits per heavy atom. The van der Waals surface area contributed by atoms with Crippen molar-refractivity contribution in [1.82, 2.24) is 9.55 Å². The van der Waals surface area contributed by atoms with Crippen molar-refractivity contribution in [2.45, 2.75) is 56.7 Å². The smallest absolute Gasteiger partial charge is 0.0840 e. The van der Waals surface area contributed by atoms with Gasteiger partial charge in [-0.3, -0.25) is 4.98 Å². The van der Waals surface area contributed by atoms with Gasteiger partial charge in [0.1, 0.15) is 0 Å². The van der Waals surface area contributed by atoms with Crippen molar-refractivity contribution in [2.75, 3.05) is 0 Å². The van der Waals surface area contributed by atoms with E-state index < -0.39 is 0 Å². The molecule has 26 heavy (non-hydrogen) atoms. The second kappa shape index (κ2) is 8.11. The maximum Gasteiger partial charge on any atom is 0.0840 e. The minimum absolute atomic E-state index is 0.0736. The molecule has 2 aromatic heterocycles. The van der Waals surface area contributed by atoms with Crippen LogP contribution in [0.15, 0.2) is 58.7 Å². The van der Waals surface area contributed by atoms with Gasteiger partial charge in [0.2, 0.25) is 0 Å². The molecule has 0 saturated heterocycles. The first-order valence-corrected chi connectivity index (χ1v) is 9.79. The van der Waals surface area contributed by atoms with E-state index in [-0.39, 0.29) is 6.61 Å².